The van der Waals surface area contributed by atoms with E-state index in [0.717, 1.165) is 20.7 Å². The van der Waals surface area contributed by atoms with Gasteiger partial charge in [-0.25, -0.2) is 0 Å². The predicted molar refractivity (Wildman–Crippen MR) is 110 cm³/mol. The Labute approximate surface area is 167 Å². The second kappa shape index (κ2) is 10.8. The normalized spacial score (nSPS) is 11.4. The van der Waals surface area contributed by atoms with Crippen LogP contribution in [0, 0.1) is 0 Å². The molecule has 4 nitrogen and oxygen atoms in total. The Bertz CT molecular complexity index is 724. The first-order valence-electron chi connectivity index (χ1n) is 7.37. The van der Waals surface area contributed by atoms with Crippen molar-refractivity contribution in [2.24, 2.45) is 5.16 Å². The van der Waals surface area contributed by atoms with Crippen molar-refractivity contribution in [2.45, 2.75) is 11.3 Å². The molecule has 0 spiro atoms. The van der Waals surface area contributed by atoms with Crippen LogP contribution in [0.3, 0.4) is 0 Å². The van der Waals surface area contributed by atoms with E-state index in [1.54, 1.807) is 21.6 Å². The third-order valence-corrected chi connectivity index (χ3v) is 6.27. The molecule has 132 valence electrons. The summed E-state index contributed by atoms with van der Waals surface area (Å²) in [6, 6.07) is 15.1. The lowest BCUT2D eigenvalue weighted by Gasteiger charge is -2.07. The van der Waals surface area contributed by atoms with E-state index in [2.05, 4.69) is 26.4 Å². The van der Waals surface area contributed by atoms with Gasteiger partial charge in [0, 0.05) is 33.1 Å². The summed E-state index contributed by atoms with van der Waals surface area (Å²) >= 11 is 9.20. The number of carbonyl (C=O) groups excluding carboxylic acids is 1. The van der Waals surface area contributed by atoms with Crippen LogP contribution in [0.25, 0.3) is 0 Å². The van der Waals surface area contributed by atoms with Gasteiger partial charge in [-0.3, -0.25) is 4.79 Å². The van der Waals surface area contributed by atoms with Crippen LogP contribution in [0.4, 0.5) is 0 Å². The number of halogens is 2. The highest BCUT2D eigenvalue weighted by molar-refractivity contribution is 9.10. The molecule has 2 rings (SSSR count). The maximum absolute atomic E-state index is 12.1. The fraction of sp³-hybridized carbons (Fsp3) is 0.176. The van der Waals surface area contributed by atoms with Crippen LogP contribution in [-0.2, 0) is 11.2 Å². The number of nitrogens with zero attached hydrogens (tertiary/aromatic N) is 1. The summed E-state index contributed by atoms with van der Waals surface area (Å²) in [5.41, 5.74) is 0.997. The Hall–Kier alpha value is -1.15. The highest BCUT2D eigenvalue weighted by Gasteiger charge is 2.12. The number of benzene rings is 2. The highest BCUT2D eigenvalue weighted by Crippen LogP contribution is 2.31. The number of hydrogen-bond acceptors (Lipinski definition) is 5. The Morgan fingerprint density at radius 1 is 1.16 bits per heavy atom. The zero-order valence-electron chi connectivity index (χ0n) is 13.1. The number of nitrogens with one attached hydrogen (secondary N) is 1. The van der Waals surface area contributed by atoms with Gasteiger partial charge in [-0.2, -0.15) is 0 Å². The van der Waals surface area contributed by atoms with Gasteiger partial charge in [-0.05, 0) is 42.0 Å². The number of carbonyl (C=O) groups is 1. The fourth-order valence-corrected chi connectivity index (χ4v) is 4.15. The molecule has 0 aliphatic rings. The summed E-state index contributed by atoms with van der Waals surface area (Å²) in [4.78, 5) is 13.2. The van der Waals surface area contributed by atoms with E-state index in [-0.39, 0.29) is 18.0 Å². The summed E-state index contributed by atoms with van der Waals surface area (Å²) in [6.45, 7) is 0.490. The molecule has 0 unspecified atom stereocenters. The van der Waals surface area contributed by atoms with E-state index in [0.29, 0.717) is 11.6 Å². The monoisotopic (exact) mass is 458 g/mol. The molecule has 0 fully saturated rings. The molecule has 2 N–H and O–H groups in total. The summed E-state index contributed by atoms with van der Waals surface area (Å²) in [5, 5.41) is 15.7. The second-order valence-electron chi connectivity index (χ2n) is 4.97. The third kappa shape index (κ3) is 7.32. The second-order valence-corrected chi connectivity index (χ2v) is 8.81. The molecule has 25 heavy (non-hydrogen) atoms. The zero-order chi connectivity index (χ0) is 18.1. The van der Waals surface area contributed by atoms with E-state index < -0.39 is 0 Å². The summed E-state index contributed by atoms with van der Waals surface area (Å²) in [5.74, 6) is 0.373. The first-order valence-corrected chi connectivity index (χ1v) is 10.9. The molecule has 2 aromatic carbocycles. The van der Waals surface area contributed by atoms with Gasteiger partial charge >= 0.3 is 0 Å². The maximum Gasteiger partial charge on any atom is 0.269 e. The van der Waals surface area contributed by atoms with E-state index in [4.69, 9.17) is 16.8 Å². The van der Waals surface area contributed by atoms with Crippen LogP contribution < -0.4 is 5.32 Å². The van der Waals surface area contributed by atoms with Gasteiger partial charge in [0.2, 0.25) is 0 Å². The third-order valence-electron chi connectivity index (χ3n) is 3.11. The first-order chi connectivity index (χ1) is 12.1. The van der Waals surface area contributed by atoms with Crippen LogP contribution in [0.5, 0.6) is 0 Å². The quantitative estimate of drug-likeness (QED) is 0.191. The molecule has 0 aromatic heterocycles. The lowest BCUT2D eigenvalue weighted by Crippen LogP contribution is -2.33. The minimum atomic E-state index is -0.359. The number of rotatable bonds is 8. The molecular weight excluding hydrogens is 444 g/mol. The number of hydrogen-bond donors (Lipinski definition) is 2. The van der Waals surface area contributed by atoms with E-state index >= 15 is 0 Å². The Morgan fingerprint density at radius 2 is 1.84 bits per heavy atom. The Kier molecular flexibility index (Phi) is 8.67. The average molecular weight is 460 g/mol. The Balaban J connectivity index is 1.71. The number of oxime groups is 1. The molecule has 0 heterocycles. The zero-order valence-corrected chi connectivity index (χ0v) is 17.1. The molecule has 0 atom stereocenters. The molecule has 2 aromatic rings. The van der Waals surface area contributed by atoms with Crippen LogP contribution in [0.1, 0.15) is 5.56 Å². The fourth-order valence-electron chi connectivity index (χ4n) is 1.86. The summed E-state index contributed by atoms with van der Waals surface area (Å²) < 4.78 is 0.957. The average Bonchev–Trinajstić information content (AvgIpc) is 2.62. The molecular formula is C17H16BrClN2O2S2. The molecule has 0 aliphatic heterocycles. The lowest BCUT2D eigenvalue weighted by atomic mass is 10.1. The van der Waals surface area contributed by atoms with Gasteiger partial charge in [0.25, 0.3) is 5.91 Å². The molecule has 0 bridgehead atoms. The van der Waals surface area contributed by atoms with Gasteiger partial charge < -0.3 is 10.5 Å². The molecule has 8 heteroatoms. The van der Waals surface area contributed by atoms with Crippen molar-refractivity contribution >= 4 is 60.7 Å². The molecule has 0 saturated carbocycles. The molecule has 0 radical (unpaired) electrons. The predicted octanol–water partition coefficient (Wildman–Crippen LogP) is 5.03. The van der Waals surface area contributed by atoms with Crippen LogP contribution in [0.2, 0.25) is 5.02 Å². The van der Waals surface area contributed by atoms with Crippen LogP contribution >= 0.6 is 49.1 Å². The lowest BCUT2D eigenvalue weighted by molar-refractivity contribution is -0.114. The first kappa shape index (κ1) is 20.2. The molecule has 0 aliphatic carbocycles. The van der Waals surface area contributed by atoms with E-state index in [1.807, 2.05) is 48.5 Å². The smallest absolute Gasteiger partial charge is 0.269 e. The van der Waals surface area contributed by atoms with Crippen molar-refractivity contribution in [3.63, 3.8) is 0 Å². The molecule has 0 saturated heterocycles. The highest BCUT2D eigenvalue weighted by atomic mass is 79.9. The van der Waals surface area contributed by atoms with Crippen molar-refractivity contribution in [1.29, 1.82) is 0 Å². The van der Waals surface area contributed by atoms with Gasteiger partial charge in [-0.15, -0.1) is 0 Å². The van der Waals surface area contributed by atoms with Gasteiger partial charge in [-0.1, -0.05) is 66.4 Å². The summed E-state index contributed by atoms with van der Waals surface area (Å²) in [7, 11) is 3.25. The van der Waals surface area contributed by atoms with Crippen molar-refractivity contribution in [3.05, 3.63) is 63.6 Å². The minimum Gasteiger partial charge on any atom is -0.410 e. The maximum atomic E-state index is 12.1. The van der Waals surface area contributed by atoms with Gasteiger partial charge in [0.1, 0.15) is 5.71 Å². The van der Waals surface area contributed by atoms with Crippen LogP contribution in [0.15, 0.2) is 63.1 Å². The minimum absolute atomic E-state index is 0.0951. The number of amides is 1. The Morgan fingerprint density at radius 3 is 2.48 bits per heavy atom. The van der Waals surface area contributed by atoms with E-state index in [9.17, 15) is 4.79 Å². The van der Waals surface area contributed by atoms with Gasteiger partial charge in [0.15, 0.2) is 0 Å². The van der Waals surface area contributed by atoms with E-state index in [1.165, 1.54) is 0 Å². The van der Waals surface area contributed by atoms with Gasteiger partial charge in [0.05, 0.1) is 0 Å². The van der Waals surface area contributed by atoms with Crippen molar-refractivity contribution in [3.8, 4) is 0 Å². The van der Waals surface area contributed by atoms with Crippen molar-refractivity contribution < 1.29 is 10.0 Å². The SMILES string of the molecule is O=C(NCCSSc1ccc(Cl)cc1)/C(Cc1ccc(Br)cc1)=N/O. The molecule has 1 amide bonds. The standard InChI is InChI=1S/C17H16BrClN2O2S2/c18-13-3-1-12(2-4-13)11-16(21-23)17(22)20-9-10-24-25-15-7-5-14(19)6-8-15/h1-8,23H,9-11H2,(H,20,22)/b21-16+. The topological polar surface area (TPSA) is 61.7 Å². The van der Waals surface area contributed by atoms with Crippen LogP contribution in [-0.4, -0.2) is 29.1 Å². The van der Waals surface area contributed by atoms with Crippen molar-refractivity contribution in [2.75, 3.05) is 12.3 Å². The van der Waals surface area contributed by atoms with Crippen molar-refractivity contribution in [1.82, 2.24) is 5.32 Å². The largest absolute Gasteiger partial charge is 0.410 e. The summed E-state index contributed by atoms with van der Waals surface area (Å²) in [6.07, 6.45) is 0.280.